The fourth-order valence-corrected chi connectivity index (χ4v) is 2.85. The van der Waals surface area contributed by atoms with Crippen LogP contribution in [-0.2, 0) is 0 Å². The minimum atomic E-state index is -0.549. The minimum Gasteiger partial charge on any atom is -0.390 e. The summed E-state index contributed by atoms with van der Waals surface area (Å²) in [6.07, 6.45) is 2.62. The Morgan fingerprint density at radius 2 is 1.80 bits per heavy atom. The van der Waals surface area contributed by atoms with Gasteiger partial charge in [0.15, 0.2) is 5.82 Å². The van der Waals surface area contributed by atoms with Gasteiger partial charge < -0.3 is 10.0 Å². The monoisotopic (exact) mass is 271 g/mol. The maximum Gasteiger partial charge on any atom is 0.150 e. The molecule has 0 bridgehead atoms. The van der Waals surface area contributed by atoms with E-state index in [1.165, 1.54) is 0 Å². The van der Waals surface area contributed by atoms with Crippen LogP contribution in [0.2, 0.25) is 0 Å². The molecule has 1 unspecified atom stereocenters. The van der Waals surface area contributed by atoms with Crippen molar-refractivity contribution >= 4 is 16.9 Å². The molecule has 0 amide bonds. The van der Waals surface area contributed by atoms with Gasteiger partial charge in [0.2, 0.25) is 0 Å². The van der Waals surface area contributed by atoms with Crippen LogP contribution in [0.5, 0.6) is 0 Å². The number of benzene rings is 1. The molecule has 3 rings (SSSR count). The smallest absolute Gasteiger partial charge is 0.150 e. The van der Waals surface area contributed by atoms with Gasteiger partial charge >= 0.3 is 0 Å². The van der Waals surface area contributed by atoms with Crippen molar-refractivity contribution < 1.29 is 5.11 Å². The molecule has 2 heterocycles. The van der Waals surface area contributed by atoms with E-state index >= 15 is 0 Å². The fraction of sp³-hybridized carbons (Fsp3) is 0.500. The van der Waals surface area contributed by atoms with Crippen molar-refractivity contribution in [3.05, 3.63) is 30.0 Å². The zero-order valence-corrected chi connectivity index (χ0v) is 12.1. The molecule has 1 N–H and O–H groups in total. The molecule has 0 radical (unpaired) electrons. The van der Waals surface area contributed by atoms with Gasteiger partial charge in [-0.15, -0.1) is 0 Å². The van der Waals surface area contributed by atoms with Crippen molar-refractivity contribution in [2.45, 2.75) is 38.7 Å². The number of aliphatic hydroxyl groups is 1. The van der Waals surface area contributed by atoms with Crippen molar-refractivity contribution in [2.24, 2.45) is 0 Å². The van der Waals surface area contributed by atoms with Gasteiger partial charge in [0.1, 0.15) is 0 Å². The van der Waals surface area contributed by atoms with Crippen molar-refractivity contribution in [1.29, 1.82) is 0 Å². The summed E-state index contributed by atoms with van der Waals surface area (Å²) in [4.78, 5) is 11.7. The summed E-state index contributed by atoms with van der Waals surface area (Å²) in [6.45, 7) is 5.71. The maximum atomic E-state index is 10.2. The van der Waals surface area contributed by atoms with Gasteiger partial charge in [-0.1, -0.05) is 12.1 Å². The van der Waals surface area contributed by atoms with Gasteiger partial charge in [-0.25, -0.2) is 9.97 Å². The summed E-state index contributed by atoms with van der Waals surface area (Å²) >= 11 is 0. The predicted molar refractivity (Wildman–Crippen MR) is 81.0 cm³/mol. The van der Waals surface area contributed by atoms with E-state index in [0.29, 0.717) is 0 Å². The number of para-hydroxylation sites is 2. The Morgan fingerprint density at radius 3 is 2.55 bits per heavy atom. The molecule has 1 aliphatic rings. The third kappa shape index (κ3) is 2.61. The summed E-state index contributed by atoms with van der Waals surface area (Å²) in [5.74, 6) is 0.960. The molecular weight excluding hydrogens is 250 g/mol. The van der Waals surface area contributed by atoms with Gasteiger partial charge in [0, 0.05) is 13.1 Å². The van der Waals surface area contributed by atoms with Gasteiger partial charge in [0.25, 0.3) is 0 Å². The van der Waals surface area contributed by atoms with Crippen LogP contribution >= 0.6 is 0 Å². The number of hydrogen-bond acceptors (Lipinski definition) is 4. The SMILES string of the molecule is Cc1nc2ccccc2nc1N1CCCC(C)(O)CC1. The molecule has 0 aliphatic carbocycles. The summed E-state index contributed by atoms with van der Waals surface area (Å²) in [6, 6.07) is 7.97. The number of aryl methyl sites for hydroxylation is 1. The Bertz CT molecular complexity index is 624. The van der Waals surface area contributed by atoms with Crippen LogP contribution < -0.4 is 4.90 Å². The van der Waals surface area contributed by atoms with Crippen LogP contribution in [0, 0.1) is 6.92 Å². The third-order valence-corrected chi connectivity index (χ3v) is 4.08. The molecule has 1 aromatic carbocycles. The van der Waals surface area contributed by atoms with E-state index in [1.807, 2.05) is 38.1 Å². The van der Waals surface area contributed by atoms with Crippen LogP contribution in [0.4, 0.5) is 5.82 Å². The van der Waals surface area contributed by atoms with E-state index in [0.717, 1.165) is 54.9 Å². The highest BCUT2D eigenvalue weighted by atomic mass is 16.3. The number of nitrogens with zero attached hydrogens (tertiary/aromatic N) is 3. The van der Waals surface area contributed by atoms with Crippen molar-refractivity contribution in [3.8, 4) is 0 Å². The molecule has 4 heteroatoms. The lowest BCUT2D eigenvalue weighted by Gasteiger charge is -2.24. The molecule has 20 heavy (non-hydrogen) atoms. The number of hydrogen-bond donors (Lipinski definition) is 1. The molecule has 0 spiro atoms. The molecule has 4 nitrogen and oxygen atoms in total. The highest BCUT2D eigenvalue weighted by molar-refractivity contribution is 5.76. The summed E-state index contributed by atoms with van der Waals surface area (Å²) in [5, 5.41) is 10.2. The first-order valence-electron chi connectivity index (χ1n) is 7.26. The highest BCUT2D eigenvalue weighted by Gasteiger charge is 2.26. The molecule has 1 atom stereocenters. The zero-order valence-electron chi connectivity index (χ0n) is 12.1. The van der Waals surface area contributed by atoms with Crippen LogP contribution in [-0.4, -0.2) is 33.8 Å². The maximum absolute atomic E-state index is 10.2. The predicted octanol–water partition coefficient (Wildman–Crippen LogP) is 2.68. The highest BCUT2D eigenvalue weighted by Crippen LogP contribution is 2.26. The average Bonchev–Trinajstić information content (AvgIpc) is 2.59. The quantitative estimate of drug-likeness (QED) is 0.866. The van der Waals surface area contributed by atoms with Crippen molar-refractivity contribution in [3.63, 3.8) is 0 Å². The molecule has 0 saturated carbocycles. The van der Waals surface area contributed by atoms with Crippen LogP contribution in [0.25, 0.3) is 11.0 Å². The summed E-state index contributed by atoms with van der Waals surface area (Å²) in [5.41, 5.74) is 2.29. The lowest BCUT2D eigenvalue weighted by molar-refractivity contribution is 0.0481. The first-order valence-corrected chi connectivity index (χ1v) is 7.26. The topological polar surface area (TPSA) is 49.2 Å². The van der Waals surface area contributed by atoms with E-state index in [2.05, 4.69) is 9.88 Å². The standard InChI is InChI=1S/C16H21N3O/c1-12-15(18-14-7-4-3-6-13(14)17-12)19-10-5-8-16(2,20)9-11-19/h3-4,6-7,20H,5,8-11H2,1-2H3. The molecule has 1 saturated heterocycles. The van der Waals surface area contributed by atoms with E-state index < -0.39 is 5.60 Å². The van der Waals surface area contributed by atoms with Crippen LogP contribution in [0.1, 0.15) is 31.9 Å². The lowest BCUT2D eigenvalue weighted by Crippen LogP contribution is -2.29. The zero-order chi connectivity index (χ0) is 14.2. The second kappa shape index (κ2) is 5.02. The second-order valence-corrected chi connectivity index (χ2v) is 5.96. The fourth-order valence-electron chi connectivity index (χ4n) is 2.85. The van der Waals surface area contributed by atoms with Gasteiger partial charge in [-0.05, 0) is 45.2 Å². The lowest BCUT2D eigenvalue weighted by atomic mass is 9.98. The first kappa shape index (κ1) is 13.3. The molecule has 1 aromatic heterocycles. The largest absolute Gasteiger partial charge is 0.390 e. The number of fused-ring (bicyclic) bond motifs is 1. The Hall–Kier alpha value is -1.68. The summed E-state index contributed by atoms with van der Waals surface area (Å²) in [7, 11) is 0. The van der Waals surface area contributed by atoms with Gasteiger partial charge in [-0.3, -0.25) is 0 Å². The number of anilines is 1. The second-order valence-electron chi connectivity index (χ2n) is 5.96. The first-order chi connectivity index (χ1) is 9.55. The molecule has 1 aliphatic heterocycles. The summed E-state index contributed by atoms with van der Waals surface area (Å²) < 4.78 is 0. The van der Waals surface area contributed by atoms with E-state index in [9.17, 15) is 5.11 Å². The van der Waals surface area contributed by atoms with Crippen molar-refractivity contribution in [2.75, 3.05) is 18.0 Å². The Labute approximate surface area is 119 Å². The Balaban J connectivity index is 1.95. The molecular formula is C16H21N3O. The Kier molecular flexibility index (Phi) is 3.34. The van der Waals surface area contributed by atoms with Crippen LogP contribution in [0.3, 0.4) is 0 Å². The van der Waals surface area contributed by atoms with Crippen molar-refractivity contribution in [1.82, 2.24) is 9.97 Å². The minimum absolute atomic E-state index is 0.549. The number of rotatable bonds is 1. The molecule has 106 valence electrons. The average molecular weight is 271 g/mol. The van der Waals surface area contributed by atoms with E-state index in [-0.39, 0.29) is 0 Å². The molecule has 2 aromatic rings. The van der Waals surface area contributed by atoms with Gasteiger partial charge in [0.05, 0.1) is 22.3 Å². The van der Waals surface area contributed by atoms with E-state index in [4.69, 9.17) is 4.98 Å². The third-order valence-electron chi connectivity index (χ3n) is 4.08. The Morgan fingerprint density at radius 1 is 1.10 bits per heavy atom. The number of aromatic nitrogens is 2. The molecule has 1 fully saturated rings. The normalized spacial score (nSPS) is 23.9. The van der Waals surface area contributed by atoms with Gasteiger partial charge in [-0.2, -0.15) is 0 Å². The van der Waals surface area contributed by atoms with Crippen LogP contribution in [0.15, 0.2) is 24.3 Å². The van der Waals surface area contributed by atoms with E-state index in [1.54, 1.807) is 0 Å².